The van der Waals surface area contributed by atoms with E-state index in [1.54, 1.807) is 7.11 Å². The molecule has 23 heavy (non-hydrogen) atoms. The van der Waals surface area contributed by atoms with Crippen molar-refractivity contribution in [3.8, 4) is 5.75 Å². The van der Waals surface area contributed by atoms with E-state index in [4.69, 9.17) is 9.47 Å². The molecule has 0 radical (unpaired) electrons. The molecule has 0 aliphatic rings. The van der Waals surface area contributed by atoms with E-state index in [-0.39, 0.29) is 6.61 Å². The van der Waals surface area contributed by atoms with E-state index in [0.29, 0.717) is 6.54 Å². The van der Waals surface area contributed by atoms with Crippen LogP contribution in [-0.4, -0.2) is 19.7 Å². The molecule has 0 saturated carbocycles. The molecule has 0 fully saturated rings. The fourth-order valence-corrected chi connectivity index (χ4v) is 2.12. The average molecular weight is 311 g/mol. The summed E-state index contributed by atoms with van der Waals surface area (Å²) >= 11 is 0. The number of ether oxygens (including phenoxy) is 2. The number of hydrogen-bond donors (Lipinski definition) is 1. The Morgan fingerprint density at radius 2 is 1.96 bits per heavy atom. The lowest BCUT2D eigenvalue weighted by molar-refractivity contribution is 0.141. The Bertz CT molecular complexity index is 666. The highest BCUT2D eigenvalue weighted by Crippen LogP contribution is 2.18. The summed E-state index contributed by atoms with van der Waals surface area (Å²) in [6, 6.07) is 15.5. The van der Waals surface area contributed by atoms with Crippen LogP contribution in [0.3, 0.4) is 0 Å². The Balaban J connectivity index is 1.73. The number of carbonyl (C=O) groups is 1. The fraction of sp³-hybridized carbons (Fsp3) is 0.211. The van der Waals surface area contributed by atoms with Gasteiger partial charge < -0.3 is 14.8 Å². The molecule has 0 aromatic heterocycles. The monoisotopic (exact) mass is 311 g/mol. The summed E-state index contributed by atoms with van der Waals surface area (Å²) in [5.74, 6) is 0.866. The molecule has 0 unspecified atom stereocenters. The molecule has 0 aliphatic carbocycles. The van der Waals surface area contributed by atoms with Crippen LogP contribution in [0.1, 0.15) is 16.7 Å². The number of amides is 1. The smallest absolute Gasteiger partial charge is 0.407 e. The van der Waals surface area contributed by atoms with Gasteiger partial charge in [0.2, 0.25) is 0 Å². The van der Waals surface area contributed by atoms with Gasteiger partial charge in [-0.15, -0.1) is 0 Å². The standard InChI is InChI=1S/C19H21NO3/c1-15-13-16(10-11-18(15)22-2)9-6-12-20-19(21)23-14-17-7-4-3-5-8-17/h3-11,13H,12,14H2,1-2H3,(H,20,21). The van der Waals surface area contributed by atoms with Crippen molar-refractivity contribution in [3.63, 3.8) is 0 Å². The van der Waals surface area contributed by atoms with Gasteiger partial charge in [-0.1, -0.05) is 48.6 Å². The van der Waals surface area contributed by atoms with Gasteiger partial charge in [-0.05, 0) is 35.7 Å². The van der Waals surface area contributed by atoms with Gasteiger partial charge in [0, 0.05) is 6.54 Å². The molecule has 0 heterocycles. The summed E-state index contributed by atoms with van der Waals surface area (Å²) in [6.07, 6.45) is 3.40. The van der Waals surface area contributed by atoms with Crippen molar-refractivity contribution in [1.82, 2.24) is 5.32 Å². The molecule has 4 nitrogen and oxygen atoms in total. The minimum Gasteiger partial charge on any atom is -0.496 e. The van der Waals surface area contributed by atoms with Crippen LogP contribution in [0.5, 0.6) is 5.75 Å². The van der Waals surface area contributed by atoms with E-state index in [2.05, 4.69) is 5.32 Å². The summed E-state index contributed by atoms with van der Waals surface area (Å²) in [5, 5.41) is 2.69. The Labute approximate surface area is 136 Å². The Morgan fingerprint density at radius 1 is 1.17 bits per heavy atom. The predicted octanol–water partition coefficient (Wildman–Crippen LogP) is 3.94. The van der Waals surface area contributed by atoms with Gasteiger partial charge in [-0.2, -0.15) is 0 Å². The average Bonchev–Trinajstić information content (AvgIpc) is 2.58. The number of alkyl carbamates (subject to hydrolysis) is 1. The summed E-state index contributed by atoms with van der Waals surface area (Å²) in [4.78, 5) is 11.6. The first-order valence-corrected chi connectivity index (χ1v) is 7.45. The fourth-order valence-electron chi connectivity index (χ4n) is 2.12. The van der Waals surface area contributed by atoms with Gasteiger partial charge in [0.15, 0.2) is 0 Å². The molecule has 4 heteroatoms. The van der Waals surface area contributed by atoms with Crippen LogP contribution in [-0.2, 0) is 11.3 Å². The molecule has 0 bridgehead atoms. The van der Waals surface area contributed by atoms with Gasteiger partial charge in [-0.3, -0.25) is 0 Å². The van der Waals surface area contributed by atoms with Crippen molar-refractivity contribution < 1.29 is 14.3 Å². The number of methoxy groups -OCH3 is 1. The van der Waals surface area contributed by atoms with Crippen LogP contribution >= 0.6 is 0 Å². The summed E-state index contributed by atoms with van der Waals surface area (Å²) < 4.78 is 10.4. The lowest BCUT2D eigenvalue weighted by atomic mass is 10.1. The molecular formula is C19H21NO3. The molecule has 0 aliphatic heterocycles. The third-order valence-corrected chi connectivity index (χ3v) is 3.31. The normalized spacial score (nSPS) is 10.5. The Morgan fingerprint density at radius 3 is 2.65 bits per heavy atom. The maximum atomic E-state index is 11.6. The first kappa shape index (κ1) is 16.6. The molecule has 2 aromatic carbocycles. The molecule has 1 N–H and O–H groups in total. The first-order chi connectivity index (χ1) is 11.2. The van der Waals surface area contributed by atoms with E-state index in [1.807, 2.05) is 67.6 Å². The van der Waals surface area contributed by atoms with Gasteiger partial charge >= 0.3 is 6.09 Å². The van der Waals surface area contributed by atoms with Crippen LogP contribution in [0.2, 0.25) is 0 Å². The second-order valence-corrected chi connectivity index (χ2v) is 5.07. The number of nitrogens with one attached hydrogen (secondary N) is 1. The van der Waals surface area contributed by atoms with Crippen molar-refractivity contribution in [2.24, 2.45) is 0 Å². The maximum Gasteiger partial charge on any atom is 0.407 e. The van der Waals surface area contributed by atoms with E-state index in [1.165, 1.54) is 0 Å². The summed E-state index contributed by atoms with van der Waals surface area (Å²) in [5.41, 5.74) is 3.10. The molecular weight excluding hydrogens is 290 g/mol. The largest absolute Gasteiger partial charge is 0.496 e. The SMILES string of the molecule is COc1ccc(C=CCNC(=O)OCc2ccccc2)cc1C. The number of aryl methyl sites for hydroxylation is 1. The van der Waals surface area contributed by atoms with Crippen molar-refractivity contribution in [2.75, 3.05) is 13.7 Å². The number of hydrogen-bond acceptors (Lipinski definition) is 3. The van der Waals surface area contributed by atoms with Crippen molar-refractivity contribution >= 4 is 12.2 Å². The van der Waals surface area contributed by atoms with Crippen LogP contribution in [0, 0.1) is 6.92 Å². The van der Waals surface area contributed by atoms with E-state index >= 15 is 0 Å². The van der Waals surface area contributed by atoms with E-state index in [0.717, 1.165) is 22.4 Å². The zero-order valence-corrected chi connectivity index (χ0v) is 13.4. The second kappa shape index (κ2) is 8.63. The van der Waals surface area contributed by atoms with Crippen LogP contribution < -0.4 is 10.1 Å². The number of benzene rings is 2. The summed E-state index contributed by atoms with van der Waals surface area (Å²) in [6.45, 7) is 2.68. The number of carbonyl (C=O) groups excluding carboxylic acids is 1. The minimum atomic E-state index is -0.426. The quantitative estimate of drug-likeness (QED) is 0.879. The van der Waals surface area contributed by atoms with Gasteiger partial charge in [0.25, 0.3) is 0 Å². The molecule has 0 spiro atoms. The lowest BCUT2D eigenvalue weighted by Crippen LogP contribution is -2.24. The van der Waals surface area contributed by atoms with Crippen molar-refractivity contribution in [3.05, 3.63) is 71.3 Å². The molecule has 2 aromatic rings. The predicted molar refractivity (Wildman–Crippen MR) is 91.4 cm³/mol. The van der Waals surface area contributed by atoms with Gasteiger partial charge in [-0.25, -0.2) is 4.79 Å². The highest BCUT2D eigenvalue weighted by atomic mass is 16.5. The van der Waals surface area contributed by atoms with Gasteiger partial charge in [0.1, 0.15) is 12.4 Å². The molecule has 120 valence electrons. The van der Waals surface area contributed by atoms with Gasteiger partial charge in [0.05, 0.1) is 7.11 Å². The zero-order valence-electron chi connectivity index (χ0n) is 13.4. The second-order valence-electron chi connectivity index (χ2n) is 5.07. The topological polar surface area (TPSA) is 47.6 Å². The van der Waals surface area contributed by atoms with Crippen LogP contribution in [0.15, 0.2) is 54.6 Å². The van der Waals surface area contributed by atoms with Crippen LogP contribution in [0.25, 0.3) is 6.08 Å². The maximum absolute atomic E-state index is 11.6. The molecule has 0 atom stereocenters. The minimum absolute atomic E-state index is 0.272. The molecule has 0 saturated heterocycles. The Hall–Kier alpha value is -2.75. The lowest BCUT2D eigenvalue weighted by Gasteiger charge is -2.06. The van der Waals surface area contributed by atoms with E-state index in [9.17, 15) is 4.79 Å². The summed E-state index contributed by atoms with van der Waals surface area (Å²) in [7, 11) is 1.66. The number of rotatable bonds is 6. The Kier molecular flexibility index (Phi) is 6.24. The van der Waals surface area contributed by atoms with E-state index < -0.39 is 6.09 Å². The van der Waals surface area contributed by atoms with Crippen molar-refractivity contribution in [1.29, 1.82) is 0 Å². The first-order valence-electron chi connectivity index (χ1n) is 7.45. The molecule has 1 amide bonds. The highest BCUT2D eigenvalue weighted by molar-refractivity contribution is 5.67. The van der Waals surface area contributed by atoms with Crippen molar-refractivity contribution in [2.45, 2.75) is 13.5 Å². The van der Waals surface area contributed by atoms with Crippen LogP contribution in [0.4, 0.5) is 4.79 Å². The highest BCUT2D eigenvalue weighted by Gasteiger charge is 2.00. The third-order valence-electron chi connectivity index (χ3n) is 3.31. The third kappa shape index (κ3) is 5.51. The zero-order chi connectivity index (χ0) is 16.5. The molecule has 2 rings (SSSR count).